The van der Waals surface area contributed by atoms with Crippen molar-refractivity contribution >= 4 is 28.6 Å². The fourth-order valence-electron chi connectivity index (χ4n) is 3.58. The molecule has 7 heteroatoms. The van der Waals surface area contributed by atoms with Gasteiger partial charge in [0.2, 0.25) is 5.91 Å². The van der Waals surface area contributed by atoms with Crippen molar-refractivity contribution in [2.45, 2.75) is 18.6 Å². The van der Waals surface area contributed by atoms with Gasteiger partial charge in [-0.2, -0.15) is 0 Å². The number of amides is 1. The van der Waals surface area contributed by atoms with Crippen LogP contribution in [0.1, 0.15) is 12.5 Å². The summed E-state index contributed by atoms with van der Waals surface area (Å²) in [5, 5.41) is 0.992. The van der Waals surface area contributed by atoms with Gasteiger partial charge in [-0.15, -0.1) is 0 Å². The van der Waals surface area contributed by atoms with Crippen molar-refractivity contribution in [3.8, 4) is 11.4 Å². The Morgan fingerprint density at radius 3 is 2.55 bits per heavy atom. The number of aromatic nitrogens is 2. The fraction of sp³-hybridized carbons (Fsp3) is 0.192. The highest BCUT2D eigenvalue weighted by atomic mass is 32.2. The first-order valence-electron chi connectivity index (χ1n) is 10.7. The van der Waals surface area contributed by atoms with Crippen molar-refractivity contribution in [3.05, 3.63) is 94.8 Å². The Hall–Kier alpha value is -3.58. The summed E-state index contributed by atoms with van der Waals surface area (Å²) in [4.78, 5) is 32.9. The normalized spacial score (nSPS) is 10.8. The third-order valence-electron chi connectivity index (χ3n) is 5.33. The Kier molecular flexibility index (Phi) is 7.10. The molecule has 0 fully saturated rings. The van der Waals surface area contributed by atoms with E-state index < -0.39 is 0 Å². The Balaban J connectivity index is 1.66. The van der Waals surface area contributed by atoms with Crippen LogP contribution in [0.5, 0.6) is 5.75 Å². The maximum atomic E-state index is 13.4. The second-order valence-electron chi connectivity index (χ2n) is 7.44. The molecule has 4 rings (SSSR count). The van der Waals surface area contributed by atoms with Crippen LogP contribution < -0.4 is 10.3 Å². The number of methoxy groups -OCH3 is 1. The van der Waals surface area contributed by atoms with Crippen LogP contribution in [0.3, 0.4) is 0 Å². The van der Waals surface area contributed by atoms with Crippen LogP contribution in [0.4, 0.5) is 0 Å². The molecule has 0 spiro atoms. The molecule has 1 amide bonds. The van der Waals surface area contributed by atoms with E-state index >= 15 is 0 Å². The number of carbonyl (C=O) groups excluding carboxylic acids is 1. The van der Waals surface area contributed by atoms with Gasteiger partial charge in [0.1, 0.15) is 5.75 Å². The summed E-state index contributed by atoms with van der Waals surface area (Å²) in [6.07, 6.45) is 0. The molecule has 1 aromatic heterocycles. The predicted molar refractivity (Wildman–Crippen MR) is 132 cm³/mol. The van der Waals surface area contributed by atoms with Gasteiger partial charge in [0, 0.05) is 19.2 Å². The second-order valence-corrected chi connectivity index (χ2v) is 8.38. The Labute approximate surface area is 196 Å². The molecule has 0 bridgehead atoms. The summed E-state index contributed by atoms with van der Waals surface area (Å²) in [5.41, 5.74) is 2.15. The summed E-state index contributed by atoms with van der Waals surface area (Å²) < 4.78 is 6.89. The van der Waals surface area contributed by atoms with Crippen molar-refractivity contribution in [1.29, 1.82) is 0 Å². The molecule has 0 radical (unpaired) electrons. The molecule has 0 saturated carbocycles. The van der Waals surface area contributed by atoms with Crippen molar-refractivity contribution in [1.82, 2.24) is 14.5 Å². The first kappa shape index (κ1) is 22.6. The number of hydrogen-bond donors (Lipinski definition) is 0. The first-order chi connectivity index (χ1) is 16.1. The van der Waals surface area contributed by atoms with Crippen LogP contribution in [-0.4, -0.2) is 39.8 Å². The van der Waals surface area contributed by atoms with E-state index in [9.17, 15) is 9.59 Å². The number of rotatable bonds is 8. The molecule has 0 unspecified atom stereocenters. The smallest absolute Gasteiger partial charge is 0.266 e. The molecule has 33 heavy (non-hydrogen) atoms. The number of hydrogen-bond acceptors (Lipinski definition) is 5. The number of carbonyl (C=O) groups is 1. The van der Waals surface area contributed by atoms with Crippen LogP contribution in [0.2, 0.25) is 0 Å². The van der Waals surface area contributed by atoms with Crippen LogP contribution in [0, 0.1) is 0 Å². The minimum absolute atomic E-state index is 0.00838. The number of thioether (sulfide) groups is 1. The van der Waals surface area contributed by atoms with Gasteiger partial charge in [-0.05, 0) is 36.8 Å². The lowest BCUT2D eigenvalue weighted by atomic mass is 10.2. The molecule has 0 aliphatic rings. The maximum absolute atomic E-state index is 13.4. The molecule has 6 nitrogen and oxygen atoms in total. The topological polar surface area (TPSA) is 64.4 Å². The lowest BCUT2D eigenvalue weighted by molar-refractivity contribution is -0.128. The highest BCUT2D eigenvalue weighted by molar-refractivity contribution is 7.99. The third kappa shape index (κ3) is 5.09. The van der Waals surface area contributed by atoms with E-state index in [-0.39, 0.29) is 17.2 Å². The summed E-state index contributed by atoms with van der Waals surface area (Å²) in [6, 6.07) is 24.4. The molecular weight excluding hydrogens is 434 g/mol. The molecule has 0 aliphatic heterocycles. The van der Waals surface area contributed by atoms with E-state index in [0.29, 0.717) is 40.6 Å². The number of para-hydroxylation sites is 1. The lowest BCUT2D eigenvalue weighted by Crippen LogP contribution is -2.32. The quantitative estimate of drug-likeness (QED) is 0.286. The van der Waals surface area contributed by atoms with Gasteiger partial charge in [0.25, 0.3) is 5.56 Å². The van der Waals surface area contributed by atoms with E-state index in [2.05, 4.69) is 0 Å². The number of nitrogens with zero attached hydrogens (tertiary/aromatic N) is 3. The molecule has 1 heterocycles. The van der Waals surface area contributed by atoms with E-state index in [0.717, 1.165) is 5.56 Å². The first-order valence-corrected chi connectivity index (χ1v) is 11.7. The molecule has 0 aliphatic carbocycles. The van der Waals surface area contributed by atoms with Gasteiger partial charge in [0.05, 0.1) is 29.5 Å². The molecule has 0 N–H and O–H groups in total. The second kappa shape index (κ2) is 10.4. The standard InChI is InChI=1S/C26H25N3O3S/c1-3-28(17-19-10-5-4-6-11-19)24(30)18-33-26-27-23-15-8-7-14-22(23)25(31)29(26)20-12-9-13-21(16-20)32-2/h4-16H,3,17-18H2,1-2H3. The van der Waals surface area contributed by atoms with E-state index in [1.54, 1.807) is 28.7 Å². The predicted octanol–water partition coefficient (Wildman–Crippen LogP) is 4.54. The average Bonchev–Trinajstić information content (AvgIpc) is 2.86. The van der Waals surface area contributed by atoms with E-state index in [4.69, 9.17) is 9.72 Å². The van der Waals surface area contributed by atoms with Crippen LogP contribution in [-0.2, 0) is 11.3 Å². The minimum Gasteiger partial charge on any atom is -0.497 e. The van der Waals surface area contributed by atoms with Gasteiger partial charge in [-0.3, -0.25) is 14.2 Å². The van der Waals surface area contributed by atoms with E-state index in [1.165, 1.54) is 11.8 Å². The van der Waals surface area contributed by atoms with Crippen molar-refractivity contribution in [3.63, 3.8) is 0 Å². The van der Waals surface area contributed by atoms with Crippen molar-refractivity contribution in [2.75, 3.05) is 19.4 Å². The molecule has 3 aromatic carbocycles. The zero-order chi connectivity index (χ0) is 23.2. The zero-order valence-corrected chi connectivity index (χ0v) is 19.4. The highest BCUT2D eigenvalue weighted by Gasteiger charge is 2.18. The number of benzene rings is 3. The Bertz CT molecular complexity index is 1320. The van der Waals surface area contributed by atoms with Gasteiger partial charge in [0.15, 0.2) is 5.16 Å². The van der Waals surface area contributed by atoms with Gasteiger partial charge in [-0.25, -0.2) is 4.98 Å². The average molecular weight is 460 g/mol. The van der Waals surface area contributed by atoms with Crippen LogP contribution in [0.25, 0.3) is 16.6 Å². The summed E-state index contributed by atoms with van der Waals surface area (Å²) in [7, 11) is 1.58. The Morgan fingerprint density at radius 1 is 1.03 bits per heavy atom. The van der Waals surface area contributed by atoms with Crippen LogP contribution >= 0.6 is 11.8 Å². The van der Waals surface area contributed by atoms with Crippen molar-refractivity contribution < 1.29 is 9.53 Å². The SMILES string of the molecule is CCN(Cc1ccccc1)C(=O)CSc1nc2ccccc2c(=O)n1-c1cccc(OC)c1. The largest absolute Gasteiger partial charge is 0.497 e. The minimum atomic E-state index is -0.180. The summed E-state index contributed by atoms with van der Waals surface area (Å²) >= 11 is 1.27. The highest BCUT2D eigenvalue weighted by Crippen LogP contribution is 2.24. The molecule has 4 aromatic rings. The van der Waals surface area contributed by atoms with E-state index in [1.807, 2.05) is 73.7 Å². The van der Waals surface area contributed by atoms with Crippen molar-refractivity contribution in [2.24, 2.45) is 0 Å². The summed E-state index contributed by atoms with van der Waals surface area (Å²) in [6.45, 7) is 3.11. The Morgan fingerprint density at radius 2 is 1.79 bits per heavy atom. The monoisotopic (exact) mass is 459 g/mol. The van der Waals surface area contributed by atoms with Gasteiger partial charge >= 0.3 is 0 Å². The lowest BCUT2D eigenvalue weighted by Gasteiger charge is -2.21. The fourth-order valence-corrected chi connectivity index (χ4v) is 4.50. The van der Waals surface area contributed by atoms with Crippen LogP contribution in [0.15, 0.2) is 88.8 Å². The molecular formula is C26H25N3O3S. The summed E-state index contributed by atoms with van der Waals surface area (Å²) in [5.74, 6) is 0.806. The number of ether oxygens (including phenoxy) is 1. The third-order valence-corrected chi connectivity index (χ3v) is 6.26. The molecule has 0 saturated heterocycles. The number of fused-ring (bicyclic) bond motifs is 1. The van der Waals surface area contributed by atoms with Gasteiger partial charge in [-0.1, -0.05) is 60.3 Å². The zero-order valence-electron chi connectivity index (χ0n) is 18.6. The molecule has 0 atom stereocenters. The maximum Gasteiger partial charge on any atom is 0.266 e. The van der Waals surface area contributed by atoms with Gasteiger partial charge < -0.3 is 9.64 Å². The molecule has 168 valence electrons.